The molecule has 1 heterocycles. The Balaban J connectivity index is 1.52. The van der Waals surface area contributed by atoms with Gasteiger partial charge in [-0.3, -0.25) is 14.4 Å². The van der Waals surface area contributed by atoms with Gasteiger partial charge in [0.25, 0.3) is 0 Å². The van der Waals surface area contributed by atoms with Crippen molar-refractivity contribution in [1.29, 1.82) is 0 Å². The average molecular weight is 612 g/mol. The van der Waals surface area contributed by atoms with Crippen molar-refractivity contribution >= 4 is 45.5 Å². The number of rotatable bonds is 15. The zero-order chi connectivity index (χ0) is 32.5. The number of Topliss-reactive ketones (excluding diaryl/α,β-unsaturated/α-hetero) is 2. The van der Waals surface area contributed by atoms with Gasteiger partial charge in [0.05, 0.1) is 11.4 Å². The van der Waals surface area contributed by atoms with Crippen LogP contribution in [0.25, 0.3) is 11.0 Å². The number of unbranched alkanes of at least 4 members (excludes halogenated alkanes) is 2. The second kappa shape index (κ2) is 15.0. The molecule has 3 aromatic carbocycles. The molecule has 0 fully saturated rings. The number of anilines is 1. The van der Waals surface area contributed by atoms with Gasteiger partial charge in [0.15, 0.2) is 11.6 Å². The fourth-order valence-electron chi connectivity index (χ4n) is 4.86. The highest BCUT2D eigenvalue weighted by molar-refractivity contribution is 6.14. The summed E-state index contributed by atoms with van der Waals surface area (Å²) in [4.78, 5) is 53.1. The molecule has 234 valence electrons. The molecular formula is C34H37N5O6. The summed E-state index contributed by atoms with van der Waals surface area (Å²) in [7, 11) is 3.90. The number of aromatic hydroxyl groups is 1. The molecule has 0 spiro atoms. The van der Waals surface area contributed by atoms with Crippen LogP contribution in [-0.4, -0.2) is 49.3 Å². The van der Waals surface area contributed by atoms with Crippen molar-refractivity contribution in [3.8, 4) is 5.75 Å². The highest BCUT2D eigenvalue weighted by atomic mass is 16.4. The van der Waals surface area contributed by atoms with Gasteiger partial charge in [-0.15, -0.1) is 0 Å². The van der Waals surface area contributed by atoms with E-state index in [9.17, 15) is 24.3 Å². The average Bonchev–Trinajstić information content (AvgIpc) is 3.01. The summed E-state index contributed by atoms with van der Waals surface area (Å²) in [6.45, 7) is 2.04. The van der Waals surface area contributed by atoms with Gasteiger partial charge in [-0.05, 0) is 92.5 Å². The monoisotopic (exact) mass is 611 g/mol. The number of amides is 1. The first kappa shape index (κ1) is 32.7. The second-order valence-corrected chi connectivity index (χ2v) is 11.0. The Kier molecular flexibility index (Phi) is 10.9. The van der Waals surface area contributed by atoms with Gasteiger partial charge >= 0.3 is 5.63 Å². The molecule has 0 aliphatic rings. The SMILES string of the molecule is Cc1c(CC(=O)C(NCCCCCC(N)=O)C(=O)c2ccc(N=Nc3ccc(N(C)C)cc3)cc2)c(=O)oc2cc(O)ccc12. The molecular weight excluding hydrogens is 574 g/mol. The van der Waals surface area contributed by atoms with Crippen LogP contribution in [0.3, 0.4) is 0 Å². The molecule has 11 heteroatoms. The van der Waals surface area contributed by atoms with E-state index in [1.165, 1.54) is 12.1 Å². The standard InChI is InChI=1S/C34H37N5O6/c1-21-27-17-16-26(40)19-30(27)45-34(44)28(21)20-29(41)32(36-18-6-4-5-7-31(35)42)33(43)22-8-10-23(11-9-22)37-38-24-12-14-25(15-13-24)39(2)3/h8-17,19,32,36,40H,4-7,18,20H2,1-3H3,(H2,35,42). The molecule has 4 rings (SSSR count). The summed E-state index contributed by atoms with van der Waals surface area (Å²) < 4.78 is 5.38. The Hall–Kier alpha value is -5.16. The summed E-state index contributed by atoms with van der Waals surface area (Å²) in [5, 5.41) is 21.9. The minimum atomic E-state index is -1.22. The molecule has 1 aromatic heterocycles. The zero-order valence-electron chi connectivity index (χ0n) is 25.6. The summed E-state index contributed by atoms with van der Waals surface area (Å²) in [6, 6.07) is 17.2. The van der Waals surface area contributed by atoms with Crippen LogP contribution in [0.5, 0.6) is 5.75 Å². The van der Waals surface area contributed by atoms with Crippen molar-refractivity contribution in [1.82, 2.24) is 5.32 Å². The molecule has 0 radical (unpaired) electrons. The molecule has 4 N–H and O–H groups in total. The Morgan fingerprint density at radius 2 is 1.58 bits per heavy atom. The number of nitrogens with one attached hydrogen (secondary N) is 1. The summed E-state index contributed by atoms with van der Waals surface area (Å²) in [6.07, 6.45) is 1.84. The molecule has 45 heavy (non-hydrogen) atoms. The van der Waals surface area contributed by atoms with Crippen molar-refractivity contribution in [3.63, 3.8) is 0 Å². The van der Waals surface area contributed by atoms with Gasteiger partial charge in [0, 0.05) is 55.2 Å². The maximum atomic E-state index is 13.7. The number of carbonyl (C=O) groups excluding carboxylic acids is 3. The normalized spacial score (nSPS) is 12.0. The Morgan fingerprint density at radius 3 is 2.20 bits per heavy atom. The smallest absolute Gasteiger partial charge is 0.340 e. The number of nitrogens with zero attached hydrogens (tertiary/aromatic N) is 3. The molecule has 11 nitrogen and oxygen atoms in total. The van der Waals surface area contributed by atoms with E-state index in [-0.39, 0.29) is 35.6 Å². The first-order valence-corrected chi connectivity index (χ1v) is 14.7. The lowest BCUT2D eigenvalue weighted by atomic mass is 9.94. The van der Waals surface area contributed by atoms with Gasteiger partial charge in [-0.1, -0.05) is 6.42 Å². The van der Waals surface area contributed by atoms with Crippen molar-refractivity contribution in [2.24, 2.45) is 16.0 Å². The summed E-state index contributed by atoms with van der Waals surface area (Å²) in [5.41, 5.74) is 7.94. The van der Waals surface area contributed by atoms with E-state index in [2.05, 4.69) is 15.5 Å². The van der Waals surface area contributed by atoms with E-state index in [4.69, 9.17) is 10.2 Å². The largest absolute Gasteiger partial charge is 0.508 e. The highest BCUT2D eigenvalue weighted by Gasteiger charge is 2.29. The van der Waals surface area contributed by atoms with Gasteiger partial charge in [-0.25, -0.2) is 4.79 Å². The van der Waals surface area contributed by atoms with E-state index in [0.29, 0.717) is 53.7 Å². The highest BCUT2D eigenvalue weighted by Crippen LogP contribution is 2.25. The first-order chi connectivity index (χ1) is 21.5. The number of carbonyl (C=O) groups is 3. The predicted octanol–water partition coefficient (Wildman–Crippen LogP) is 5.29. The Morgan fingerprint density at radius 1 is 0.933 bits per heavy atom. The number of fused-ring (bicyclic) bond motifs is 1. The molecule has 1 amide bonds. The number of aryl methyl sites for hydroxylation is 1. The van der Waals surface area contributed by atoms with Crippen molar-refractivity contribution < 1.29 is 23.9 Å². The van der Waals surface area contributed by atoms with Crippen LogP contribution in [0.1, 0.15) is 47.2 Å². The summed E-state index contributed by atoms with van der Waals surface area (Å²) in [5.74, 6) is -1.37. The molecule has 0 saturated heterocycles. The number of benzene rings is 3. The van der Waals surface area contributed by atoms with E-state index in [1.807, 2.05) is 43.3 Å². The maximum Gasteiger partial charge on any atom is 0.340 e. The topological polar surface area (TPSA) is 168 Å². The van der Waals surface area contributed by atoms with Gasteiger partial charge in [0.1, 0.15) is 17.4 Å². The van der Waals surface area contributed by atoms with Crippen LogP contribution in [0.2, 0.25) is 0 Å². The van der Waals surface area contributed by atoms with E-state index < -0.39 is 23.2 Å². The summed E-state index contributed by atoms with van der Waals surface area (Å²) >= 11 is 0. The van der Waals surface area contributed by atoms with Crippen molar-refractivity contribution in [2.45, 2.75) is 45.1 Å². The fraction of sp³-hybridized carbons (Fsp3) is 0.294. The van der Waals surface area contributed by atoms with Crippen LogP contribution in [-0.2, 0) is 16.0 Å². The van der Waals surface area contributed by atoms with Gasteiger partial charge < -0.3 is 25.5 Å². The molecule has 0 aliphatic carbocycles. The third kappa shape index (κ3) is 8.70. The Labute approximate surface area is 260 Å². The predicted molar refractivity (Wildman–Crippen MR) is 173 cm³/mol. The Bertz CT molecular complexity index is 1760. The van der Waals surface area contributed by atoms with Gasteiger partial charge in [0.2, 0.25) is 5.91 Å². The molecule has 0 bridgehead atoms. The van der Waals surface area contributed by atoms with Crippen LogP contribution in [0.4, 0.5) is 17.1 Å². The second-order valence-electron chi connectivity index (χ2n) is 11.0. The number of hydrogen-bond donors (Lipinski definition) is 3. The van der Waals surface area contributed by atoms with Crippen molar-refractivity contribution in [2.75, 3.05) is 25.5 Å². The third-order valence-corrected chi connectivity index (χ3v) is 7.45. The van der Waals surface area contributed by atoms with Crippen LogP contribution in [0.15, 0.2) is 86.2 Å². The molecule has 4 aromatic rings. The minimum absolute atomic E-state index is 0.0503. The first-order valence-electron chi connectivity index (χ1n) is 14.7. The molecule has 1 unspecified atom stereocenters. The van der Waals surface area contributed by atoms with E-state index in [0.717, 1.165) is 5.69 Å². The number of azo groups is 1. The third-order valence-electron chi connectivity index (χ3n) is 7.45. The lowest BCUT2D eigenvalue weighted by Crippen LogP contribution is -2.45. The van der Waals surface area contributed by atoms with Crippen LogP contribution in [0, 0.1) is 6.92 Å². The zero-order valence-corrected chi connectivity index (χ0v) is 25.6. The molecule has 1 atom stereocenters. The van der Waals surface area contributed by atoms with Gasteiger partial charge in [-0.2, -0.15) is 10.2 Å². The van der Waals surface area contributed by atoms with E-state index in [1.54, 1.807) is 37.3 Å². The lowest BCUT2D eigenvalue weighted by molar-refractivity contribution is -0.119. The number of phenolic OH excluding ortho intramolecular Hbond substituents is 1. The number of phenols is 1. The van der Waals surface area contributed by atoms with E-state index >= 15 is 0 Å². The van der Waals surface area contributed by atoms with Crippen molar-refractivity contribution in [3.05, 3.63) is 93.8 Å². The fourth-order valence-corrected chi connectivity index (χ4v) is 4.86. The maximum absolute atomic E-state index is 13.7. The minimum Gasteiger partial charge on any atom is -0.508 e. The lowest BCUT2D eigenvalue weighted by Gasteiger charge is -2.17. The number of hydrogen-bond acceptors (Lipinski definition) is 10. The number of nitrogens with two attached hydrogens (primary N) is 1. The van der Waals surface area contributed by atoms with Crippen LogP contribution >= 0.6 is 0 Å². The molecule has 0 saturated carbocycles. The quantitative estimate of drug-likeness (QED) is 0.0536. The number of ketones is 2. The number of primary amides is 1. The molecule has 0 aliphatic heterocycles. The van der Waals surface area contributed by atoms with Crippen LogP contribution < -0.4 is 21.6 Å².